The quantitative estimate of drug-likeness (QED) is 0.832. The Balaban J connectivity index is 2.99. The molecule has 0 N–H and O–H groups in total. The van der Waals surface area contributed by atoms with Crippen molar-refractivity contribution >= 4 is 27.5 Å². The van der Waals surface area contributed by atoms with E-state index in [2.05, 4.69) is 15.9 Å². The third-order valence-electron chi connectivity index (χ3n) is 1.64. The lowest BCUT2D eigenvalue weighted by atomic mass is 10.3. The zero-order chi connectivity index (χ0) is 10.6. The molecule has 0 fully saturated rings. The Morgan fingerprint density at radius 1 is 1.43 bits per heavy atom. The van der Waals surface area contributed by atoms with Crippen molar-refractivity contribution in [2.24, 2.45) is 0 Å². The van der Waals surface area contributed by atoms with Crippen molar-refractivity contribution in [3.63, 3.8) is 0 Å². The summed E-state index contributed by atoms with van der Waals surface area (Å²) in [4.78, 5) is 0. The molecule has 0 aliphatic rings. The van der Waals surface area contributed by atoms with E-state index in [9.17, 15) is 0 Å². The van der Waals surface area contributed by atoms with E-state index in [1.807, 2.05) is 13.0 Å². The van der Waals surface area contributed by atoms with Crippen LogP contribution in [0.1, 0.15) is 13.3 Å². The first-order chi connectivity index (χ1) is 6.69. The van der Waals surface area contributed by atoms with E-state index in [1.54, 1.807) is 13.2 Å². The van der Waals surface area contributed by atoms with E-state index in [4.69, 9.17) is 21.1 Å². The second kappa shape index (κ2) is 5.47. The fraction of sp³-hybridized carbons (Fsp3) is 0.400. The molecule has 4 heteroatoms. The van der Waals surface area contributed by atoms with Crippen LogP contribution >= 0.6 is 27.5 Å². The van der Waals surface area contributed by atoms with Crippen LogP contribution in [0.2, 0.25) is 5.02 Å². The third-order valence-corrected chi connectivity index (χ3v) is 2.38. The van der Waals surface area contributed by atoms with Gasteiger partial charge < -0.3 is 9.47 Å². The smallest absolute Gasteiger partial charge is 0.179 e. The second-order valence-corrected chi connectivity index (χ2v) is 4.09. The van der Waals surface area contributed by atoms with Gasteiger partial charge in [-0.05, 0) is 18.6 Å². The maximum atomic E-state index is 6.01. The number of methoxy groups -OCH3 is 1. The summed E-state index contributed by atoms with van der Waals surface area (Å²) in [5, 5.41) is 0.560. The maximum Gasteiger partial charge on any atom is 0.179 e. The van der Waals surface area contributed by atoms with Gasteiger partial charge in [-0.15, -0.1) is 0 Å². The molecule has 0 saturated heterocycles. The standard InChI is InChI=1S/C10H12BrClO2/c1-3-4-14-10-8(12)5-7(11)6-9(10)13-2/h5-6H,3-4H2,1-2H3. The summed E-state index contributed by atoms with van der Waals surface area (Å²) in [5.74, 6) is 1.26. The molecule has 0 bridgehead atoms. The Morgan fingerprint density at radius 2 is 2.14 bits per heavy atom. The van der Waals surface area contributed by atoms with Crippen molar-refractivity contribution in [3.8, 4) is 11.5 Å². The molecule has 1 aromatic carbocycles. The van der Waals surface area contributed by atoms with E-state index < -0.39 is 0 Å². The molecule has 14 heavy (non-hydrogen) atoms. The molecule has 0 unspecified atom stereocenters. The molecule has 78 valence electrons. The minimum atomic E-state index is 0.560. The Morgan fingerprint density at radius 3 is 2.71 bits per heavy atom. The van der Waals surface area contributed by atoms with Gasteiger partial charge in [0.25, 0.3) is 0 Å². The van der Waals surface area contributed by atoms with Crippen molar-refractivity contribution < 1.29 is 9.47 Å². The Kier molecular flexibility index (Phi) is 4.55. The average molecular weight is 280 g/mol. The highest BCUT2D eigenvalue weighted by molar-refractivity contribution is 9.10. The van der Waals surface area contributed by atoms with E-state index in [0.717, 1.165) is 10.9 Å². The number of hydrogen-bond acceptors (Lipinski definition) is 2. The third kappa shape index (κ3) is 2.79. The summed E-state index contributed by atoms with van der Waals surface area (Å²) in [6, 6.07) is 3.62. The fourth-order valence-electron chi connectivity index (χ4n) is 1.03. The van der Waals surface area contributed by atoms with Gasteiger partial charge in [0.2, 0.25) is 0 Å². The van der Waals surface area contributed by atoms with Crippen molar-refractivity contribution in [1.82, 2.24) is 0 Å². The van der Waals surface area contributed by atoms with Crippen LogP contribution in [0.25, 0.3) is 0 Å². The van der Waals surface area contributed by atoms with Crippen LogP contribution in [0, 0.1) is 0 Å². The van der Waals surface area contributed by atoms with Crippen LogP contribution in [0.3, 0.4) is 0 Å². The van der Waals surface area contributed by atoms with Gasteiger partial charge in [0.15, 0.2) is 11.5 Å². The van der Waals surface area contributed by atoms with Crippen molar-refractivity contribution in [1.29, 1.82) is 0 Å². The Bertz CT molecular complexity index is 315. The second-order valence-electron chi connectivity index (χ2n) is 2.77. The van der Waals surface area contributed by atoms with Crippen molar-refractivity contribution in [2.75, 3.05) is 13.7 Å². The van der Waals surface area contributed by atoms with Crippen LogP contribution in [-0.2, 0) is 0 Å². The molecule has 0 aliphatic carbocycles. The number of ether oxygens (including phenoxy) is 2. The monoisotopic (exact) mass is 278 g/mol. The molecular weight excluding hydrogens is 267 g/mol. The van der Waals surface area contributed by atoms with Gasteiger partial charge in [0.05, 0.1) is 18.7 Å². The molecule has 0 atom stereocenters. The van der Waals surface area contributed by atoms with Crippen LogP contribution in [0.4, 0.5) is 0 Å². The van der Waals surface area contributed by atoms with Gasteiger partial charge in [-0.25, -0.2) is 0 Å². The van der Waals surface area contributed by atoms with E-state index in [-0.39, 0.29) is 0 Å². The lowest BCUT2D eigenvalue weighted by Gasteiger charge is -2.11. The van der Waals surface area contributed by atoms with E-state index in [0.29, 0.717) is 23.1 Å². The van der Waals surface area contributed by atoms with Crippen molar-refractivity contribution in [2.45, 2.75) is 13.3 Å². The lowest BCUT2D eigenvalue weighted by molar-refractivity contribution is 0.294. The van der Waals surface area contributed by atoms with Gasteiger partial charge in [0.1, 0.15) is 0 Å². The predicted molar refractivity (Wildman–Crippen MR) is 61.5 cm³/mol. The molecule has 1 aromatic rings. The van der Waals surface area contributed by atoms with Gasteiger partial charge in [-0.3, -0.25) is 0 Å². The number of benzene rings is 1. The fourth-order valence-corrected chi connectivity index (χ4v) is 1.87. The van der Waals surface area contributed by atoms with Crippen LogP contribution in [-0.4, -0.2) is 13.7 Å². The summed E-state index contributed by atoms with van der Waals surface area (Å²) in [5.41, 5.74) is 0. The first kappa shape index (κ1) is 11.7. The molecule has 0 amide bonds. The summed E-state index contributed by atoms with van der Waals surface area (Å²) < 4.78 is 11.5. The average Bonchev–Trinajstić information content (AvgIpc) is 2.15. The summed E-state index contributed by atoms with van der Waals surface area (Å²) in [7, 11) is 1.59. The zero-order valence-corrected chi connectivity index (χ0v) is 10.5. The summed E-state index contributed by atoms with van der Waals surface area (Å²) in [6.07, 6.45) is 0.940. The first-order valence-electron chi connectivity index (χ1n) is 4.34. The van der Waals surface area contributed by atoms with Gasteiger partial charge >= 0.3 is 0 Å². The minimum absolute atomic E-state index is 0.560. The molecule has 0 aromatic heterocycles. The van der Waals surface area contributed by atoms with Crippen LogP contribution in [0.5, 0.6) is 11.5 Å². The van der Waals surface area contributed by atoms with Gasteiger partial charge in [-0.1, -0.05) is 34.5 Å². The van der Waals surface area contributed by atoms with E-state index >= 15 is 0 Å². The molecule has 0 heterocycles. The van der Waals surface area contributed by atoms with Crippen molar-refractivity contribution in [3.05, 3.63) is 21.6 Å². The Hall–Kier alpha value is -0.410. The number of halogens is 2. The summed E-state index contributed by atoms with van der Waals surface area (Å²) in [6.45, 7) is 2.68. The first-order valence-corrected chi connectivity index (χ1v) is 5.52. The normalized spacial score (nSPS) is 10.0. The van der Waals surface area contributed by atoms with Crippen LogP contribution in [0.15, 0.2) is 16.6 Å². The molecule has 0 spiro atoms. The topological polar surface area (TPSA) is 18.5 Å². The number of hydrogen-bond donors (Lipinski definition) is 0. The SMILES string of the molecule is CCCOc1c(Cl)cc(Br)cc1OC. The molecule has 1 rings (SSSR count). The molecule has 0 aliphatic heterocycles. The lowest BCUT2D eigenvalue weighted by Crippen LogP contribution is -1.98. The highest BCUT2D eigenvalue weighted by Gasteiger charge is 2.10. The zero-order valence-electron chi connectivity index (χ0n) is 8.14. The van der Waals surface area contributed by atoms with E-state index in [1.165, 1.54) is 0 Å². The van der Waals surface area contributed by atoms with Gasteiger partial charge in [0, 0.05) is 4.47 Å². The minimum Gasteiger partial charge on any atom is -0.493 e. The highest BCUT2D eigenvalue weighted by Crippen LogP contribution is 2.37. The number of rotatable bonds is 4. The maximum absolute atomic E-state index is 6.01. The molecule has 0 radical (unpaired) electrons. The largest absolute Gasteiger partial charge is 0.493 e. The predicted octanol–water partition coefficient (Wildman–Crippen LogP) is 3.90. The molecular formula is C10H12BrClO2. The Labute approximate surface area is 97.3 Å². The highest BCUT2D eigenvalue weighted by atomic mass is 79.9. The van der Waals surface area contributed by atoms with Crippen LogP contribution < -0.4 is 9.47 Å². The molecule has 0 saturated carbocycles. The molecule has 2 nitrogen and oxygen atoms in total. The summed E-state index contributed by atoms with van der Waals surface area (Å²) >= 11 is 9.35. The van der Waals surface area contributed by atoms with Gasteiger partial charge in [-0.2, -0.15) is 0 Å².